The number of hydrogen-bond donors (Lipinski definition) is 0. The quantitative estimate of drug-likeness (QED) is 0.792. The van der Waals surface area contributed by atoms with Gasteiger partial charge in [0.1, 0.15) is 0 Å². The molecule has 86 valence electrons. The largest absolute Gasteiger partial charge is 0.228 e. The van der Waals surface area contributed by atoms with E-state index in [1.807, 2.05) is 6.07 Å². The maximum Gasteiger partial charge on any atom is 0.159 e. The lowest BCUT2D eigenvalue weighted by atomic mass is 10.2. The van der Waals surface area contributed by atoms with Crippen LogP contribution in [0.15, 0.2) is 24.3 Å². The van der Waals surface area contributed by atoms with E-state index in [0.717, 1.165) is 0 Å². The Hall–Kier alpha value is -1.34. The number of hydrogen-bond acceptors (Lipinski definition) is 3. The van der Waals surface area contributed by atoms with Gasteiger partial charge in [0.25, 0.3) is 0 Å². The first-order chi connectivity index (χ1) is 7.26. The van der Waals surface area contributed by atoms with E-state index in [0.29, 0.717) is 11.1 Å². The summed E-state index contributed by atoms with van der Waals surface area (Å²) in [7, 11) is -3.19. The van der Waals surface area contributed by atoms with Crippen LogP contribution in [-0.4, -0.2) is 13.2 Å². The van der Waals surface area contributed by atoms with Gasteiger partial charge in [-0.15, -0.1) is 0 Å². The van der Waals surface area contributed by atoms with Gasteiger partial charge in [-0.2, -0.15) is 5.26 Å². The Morgan fingerprint density at radius 3 is 2.44 bits per heavy atom. The van der Waals surface area contributed by atoms with Gasteiger partial charge in [-0.1, -0.05) is 12.1 Å². The highest BCUT2D eigenvalue weighted by molar-refractivity contribution is 7.91. The molecular weight excluding hydrogens is 222 g/mol. The average Bonchev–Trinajstić information content (AvgIpc) is 2.15. The van der Waals surface area contributed by atoms with Gasteiger partial charge in [-0.3, -0.25) is 0 Å². The molecule has 0 aromatic heterocycles. The van der Waals surface area contributed by atoms with Gasteiger partial charge in [0.2, 0.25) is 0 Å². The Labute approximate surface area is 96.6 Å². The van der Waals surface area contributed by atoms with E-state index >= 15 is 0 Å². The van der Waals surface area contributed by atoms with E-state index in [4.69, 9.17) is 5.26 Å². The number of rotatable bonds is 2. The maximum absolute atomic E-state index is 11.9. The van der Waals surface area contributed by atoms with Crippen LogP contribution in [0.3, 0.4) is 0 Å². The monoisotopic (exact) mass is 237 g/mol. The molecule has 0 aliphatic rings. The molecule has 0 fully saturated rings. The summed E-state index contributed by atoms with van der Waals surface area (Å²) in [5, 5.41) is 8.72. The lowest BCUT2D eigenvalue weighted by Gasteiger charge is -2.19. The van der Waals surface area contributed by atoms with E-state index in [1.54, 1.807) is 45.0 Å². The molecular formula is C12H15NO2S. The molecule has 0 bridgehead atoms. The van der Waals surface area contributed by atoms with E-state index in [-0.39, 0.29) is 5.75 Å². The average molecular weight is 237 g/mol. The lowest BCUT2D eigenvalue weighted by molar-refractivity contribution is 0.559. The molecule has 0 saturated carbocycles. The lowest BCUT2D eigenvalue weighted by Crippen LogP contribution is -2.29. The predicted molar refractivity (Wildman–Crippen MR) is 63.5 cm³/mol. The second kappa shape index (κ2) is 4.26. The molecule has 0 spiro atoms. The minimum atomic E-state index is -3.19. The Kier molecular flexibility index (Phi) is 3.39. The molecule has 1 rings (SSSR count). The summed E-state index contributed by atoms with van der Waals surface area (Å²) in [6.45, 7) is 5.03. The topological polar surface area (TPSA) is 57.9 Å². The summed E-state index contributed by atoms with van der Waals surface area (Å²) >= 11 is 0. The van der Waals surface area contributed by atoms with Crippen LogP contribution in [0.2, 0.25) is 0 Å². The molecule has 0 saturated heterocycles. The molecule has 0 aliphatic carbocycles. The molecule has 4 heteroatoms. The van der Waals surface area contributed by atoms with Crippen LogP contribution in [0.1, 0.15) is 31.9 Å². The van der Waals surface area contributed by atoms with Gasteiger partial charge >= 0.3 is 0 Å². The van der Waals surface area contributed by atoms with Gasteiger partial charge in [0, 0.05) is 0 Å². The molecule has 1 aromatic carbocycles. The number of sulfone groups is 1. The van der Waals surface area contributed by atoms with E-state index < -0.39 is 14.6 Å². The predicted octanol–water partition coefficient (Wildman–Crippen LogP) is 2.27. The first-order valence-corrected chi connectivity index (χ1v) is 6.63. The molecule has 0 unspecified atom stereocenters. The number of benzene rings is 1. The minimum Gasteiger partial charge on any atom is -0.228 e. The summed E-state index contributed by atoms with van der Waals surface area (Å²) in [4.78, 5) is 0. The van der Waals surface area contributed by atoms with Crippen molar-refractivity contribution < 1.29 is 8.42 Å². The molecule has 3 nitrogen and oxygen atoms in total. The van der Waals surface area contributed by atoms with Crippen LogP contribution < -0.4 is 0 Å². The third-order valence-corrected chi connectivity index (χ3v) is 4.93. The fourth-order valence-corrected chi connectivity index (χ4v) is 2.22. The van der Waals surface area contributed by atoms with Crippen LogP contribution in [0, 0.1) is 11.3 Å². The molecule has 0 amide bonds. The highest BCUT2D eigenvalue weighted by atomic mass is 32.2. The number of nitriles is 1. The van der Waals surface area contributed by atoms with Gasteiger partial charge in [0.15, 0.2) is 9.84 Å². The van der Waals surface area contributed by atoms with Crippen LogP contribution in [0.25, 0.3) is 0 Å². The van der Waals surface area contributed by atoms with Crippen molar-refractivity contribution in [1.29, 1.82) is 5.26 Å². The van der Waals surface area contributed by atoms with Gasteiger partial charge < -0.3 is 0 Å². The van der Waals surface area contributed by atoms with Gasteiger partial charge in [0.05, 0.1) is 22.1 Å². The molecule has 1 aromatic rings. The molecule has 0 atom stereocenters. The summed E-state index contributed by atoms with van der Waals surface area (Å²) in [5.74, 6) is -0.0218. The van der Waals surface area contributed by atoms with Crippen molar-refractivity contribution in [1.82, 2.24) is 0 Å². The zero-order chi connectivity index (χ0) is 12.4. The molecule has 0 heterocycles. The summed E-state index contributed by atoms with van der Waals surface area (Å²) in [5.41, 5.74) is 1.15. The zero-order valence-electron chi connectivity index (χ0n) is 9.69. The van der Waals surface area contributed by atoms with Crippen molar-refractivity contribution >= 4 is 9.84 Å². The van der Waals surface area contributed by atoms with Gasteiger partial charge in [-0.25, -0.2) is 8.42 Å². The smallest absolute Gasteiger partial charge is 0.159 e. The van der Waals surface area contributed by atoms with E-state index in [1.165, 1.54) is 0 Å². The van der Waals surface area contributed by atoms with Gasteiger partial charge in [-0.05, 0) is 38.5 Å². The highest BCUT2D eigenvalue weighted by Gasteiger charge is 2.28. The Morgan fingerprint density at radius 1 is 1.31 bits per heavy atom. The summed E-state index contributed by atoms with van der Waals surface area (Å²) in [6.07, 6.45) is 0. The zero-order valence-corrected chi connectivity index (χ0v) is 10.5. The first-order valence-electron chi connectivity index (χ1n) is 4.97. The fourth-order valence-electron chi connectivity index (χ4n) is 1.17. The first kappa shape index (κ1) is 12.7. The molecule has 0 N–H and O–H groups in total. The molecule has 0 aliphatic heterocycles. The van der Waals surface area contributed by atoms with Crippen molar-refractivity contribution in [3.05, 3.63) is 35.4 Å². The maximum atomic E-state index is 11.9. The van der Waals surface area contributed by atoms with Crippen LogP contribution >= 0.6 is 0 Å². The van der Waals surface area contributed by atoms with E-state index in [2.05, 4.69) is 0 Å². The van der Waals surface area contributed by atoms with Crippen molar-refractivity contribution in [2.24, 2.45) is 0 Å². The Balaban J connectivity index is 3.03. The summed E-state index contributed by atoms with van der Waals surface area (Å²) in [6, 6.07) is 8.70. The van der Waals surface area contributed by atoms with Crippen molar-refractivity contribution in [3.63, 3.8) is 0 Å². The van der Waals surface area contributed by atoms with Crippen molar-refractivity contribution in [2.75, 3.05) is 0 Å². The fraction of sp³-hybridized carbons (Fsp3) is 0.417. The van der Waals surface area contributed by atoms with Crippen LogP contribution in [-0.2, 0) is 15.6 Å². The van der Waals surface area contributed by atoms with E-state index in [9.17, 15) is 8.42 Å². The Morgan fingerprint density at radius 2 is 1.94 bits per heavy atom. The molecule has 16 heavy (non-hydrogen) atoms. The highest BCUT2D eigenvalue weighted by Crippen LogP contribution is 2.20. The number of nitrogens with zero attached hydrogens (tertiary/aromatic N) is 1. The molecule has 0 radical (unpaired) electrons. The standard InChI is InChI=1S/C12H15NO2S/c1-12(2,3)16(14,15)9-11-6-4-5-10(7-11)8-13/h4-7H,9H2,1-3H3. The summed E-state index contributed by atoms with van der Waals surface area (Å²) < 4.78 is 23.1. The third kappa shape index (κ3) is 2.83. The van der Waals surface area contributed by atoms with Crippen LogP contribution in [0.4, 0.5) is 0 Å². The third-order valence-electron chi connectivity index (χ3n) is 2.35. The normalized spacial score (nSPS) is 12.1. The minimum absolute atomic E-state index is 0.0218. The van der Waals surface area contributed by atoms with Crippen molar-refractivity contribution in [3.8, 4) is 6.07 Å². The Bertz CT molecular complexity index is 519. The second-order valence-electron chi connectivity index (χ2n) is 4.68. The second-order valence-corrected chi connectivity index (χ2v) is 7.43. The SMILES string of the molecule is CC(C)(C)S(=O)(=O)Cc1cccc(C#N)c1. The van der Waals surface area contributed by atoms with Crippen LogP contribution in [0.5, 0.6) is 0 Å². The van der Waals surface area contributed by atoms with Crippen molar-refractivity contribution in [2.45, 2.75) is 31.3 Å².